The van der Waals surface area contributed by atoms with Gasteiger partial charge in [0, 0.05) is 17.3 Å². The summed E-state index contributed by atoms with van der Waals surface area (Å²) >= 11 is 0. The highest BCUT2D eigenvalue weighted by Gasteiger charge is 2.16. The summed E-state index contributed by atoms with van der Waals surface area (Å²) in [5.74, 6) is 1.06. The second kappa shape index (κ2) is 6.43. The molecule has 0 saturated carbocycles. The monoisotopic (exact) mass is 300 g/mol. The number of hydrogen-bond acceptors (Lipinski definition) is 5. The Bertz CT molecular complexity index is 648. The highest BCUT2D eigenvalue weighted by Crippen LogP contribution is 2.19. The maximum atomic E-state index is 12.0. The molecule has 116 valence electrons. The number of methoxy groups -OCH3 is 1. The smallest absolute Gasteiger partial charge is 0.272 e. The topological polar surface area (TPSA) is 76.1 Å². The van der Waals surface area contributed by atoms with Crippen molar-refractivity contribution in [2.75, 3.05) is 12.4 Å². The fraction of sp³-hybridized carbons (Fsp3) is 0.312. The van der Waals surface area contributed by atoms with Crippen molar-refractivity contribution in [3.8, 4) is 5.75 Å². The van der Waals surface area contributed by atoms with E-state index in [1.165, 1.54) is 0 Å². The third-order valence-corrected chi connectivity index (χ3v) is 2.73. The quantitative estimate of drug-likeness (QED) is 0.908. The van der Waals surface area contributed by atoms with Crippen LogP contribution in [0.4, 0.5) is 11.5 Å². The van der Waals surface area contributed by atoms with Crippen molar-refractivity contribution >= 4 is 17.4 Å². The van der Waals surface area contributed by atoms with E-state index >= 15 is 0 Å². The van der Waals surface area contributed by atoms with Crippen molar-refractivity contribution in [3.63, 3.8) is 0 Å². The number of ether oxygens (including phenoxy) is 1. The first-order valence-corrected chi connectivity index (χ1v) is 6.95. The van der Waals surface area contributed by atoms with Crippen LogP contribution in [0.3, 0.4) is 0 Å². The molecule has 2 aromatic rings. The molecule has 1 aromatic carbocycles. The van der Waals surface area contributed by atoms with Gasteiger partial charge in [0.15, 0.2) is 11.5 Å². The predicted molar refractivity (Wildman–Crippen MR) is 85.5 cm³/mol. The molecule has 6 heteroatoms. The molecule has 0 aliphatic heterocycles. The third kappa shape index (κ3) is 4.44. The number of nitrogens with zero attached hydrogens (tertiary/aromatic N) is 2. The normalized spacial score (nSPS) is 10.9. The molecule has 0 aliphatic carbocycles. The van der Waals surface area contributed by atoms with Crippen molar-refractivity contribution < 1.29 is 9.53 Å². The molecule has 0 saturated heterocycles. The molecule has 1 heterocycles. The van der Waals surface area contributed by atoms with Gasteiger partial charge in [-0.25, -0.2) is 0 Å². The molecular weight excluding hydrogens is 280 g/mol. The summed E-state index contributed by atoms with van der Waals surface area (Å²) in [5.41, 5.74) is 0.808. The van der Waals surface area contributed by atoms with E-state index in [9.17, 15) is 4.79 Å². The number of hydrogen-bond donors (Lipinski definition) is 2. The Morgan fingerprint density at radius 2 is 1.91 bits per heavy atom. The van der Waals surface area contributed by atoms with Gasteiger partial charge in [-0.1, -0.05) is 6.07 Å². The lowest BCUT2D eigenvalue weighted by Crippen LogP contribution is -2.41. The highest BCUT2D eigenvalue weighted by molar-refractivity contribution is 5.92. The number of benzene rings is 1. The second-order valence-corrected chi connectivity index (χ2v) is 5.86. The lowest BCUT2D eigenvalue weighted by atomic mass is 10.1. The lowest BCUT2D eigenvalue weighted by Gasteiger charge is -2.19. The zero-order valence-corrected chi connectivity index (χ0v) is 13.2. The van der Waals surface area contributed by atoms with Crippen LogP contribution in [0.25, 0.3) is 0 Å². The molecule has 0 spiro atoms. The first-order valence-electron chi connectivity index (χ1n) is 6.95. The summed E-state index contributed by atoms with van der Waals surface area (Å²) in [6.45, 7) is 5.74. The van der Waals surface area contributed by atoms with Gasteiger partial charge in [-0.15, -0.1) is 10.2 Å². The van der Waals surface area contributed by atoms with Crippen molar-refractivity contribution in [3.05, 3.63) is 42.1 Å². The molecule has 1 aromatic heterocycles. The Morgan fingerprint density at radius 1 is 1.14 bits per heavy atom. The van der Waals surface area contributed by atoms with Crippen molar-refractivity contribution in [1.82, 2.24) is 15.5 Å². The Labute approximate surface area is 129 Å². The standard InChI is InChI=1S/C16H20N4O2/c1-16(2,3)18-15(21)13-8-9-14(20-19-13)17-11-6-5-7-12(10-11)22-4/h5-10H,1-4H3,(H,17,20)(H,18,21). The van der Waals surface area contributed by atoms with Gasteiger partial charge >= 0.3 is 0 Å². The van der Waals surface area contributed by atoms with Crippen molar-refractivity contribution in [1.29, 1.82) is 0 Å². The van der Waals surface area contributed by atoms with Crippen LogP contribution in [-0.4, -0.2) is 28.8 Å². The first-order chi connectivity index (χ1) is 10.4. The SMILES string of the molecule is COc1cccc(Nc2ccc(C(=O)NC(C)(C)C)nn2)c1. The van der Waals surface area contributed by atoms with E-state index in [1.807, 2.05) is 45.0 Å². The number of aromatic nitrogens is 2. The van der Waals surface area contributed by atoms with Crippen LogP contribution in [-0.2, 0) is 0 Å². The van der Waals surface area contributed by atoms with Gasteiger partial charge in [-0.3, -0.25) is 4.79 Å². The van der Waals surface area contributed by atoms with E-state index in [4.69, 9.17) is 4.74 Å². The van der Waals surface area contributed by atoms with Gasteiger partial charge in [0.2, 0.25) is 0 Å². The van der Waals surface area contributed by atoms with Gasteiger partial charge in [0.1, 0.15) is 5.75 Å². The zero-order chi connectivity index (χ0) is 16.2. The molecule has 0 unspecified atom stereocenters. The highest BCUT2D eigenvalue weighted by atomic mass is 16.5. The molecule has 0 radical (unpaired) electrons. The minimum atomic E-state index is -0.309. The van der Waals surface area contributed by atoms with Crippen LogP contribution in [0, 0.1) is 0 Å². The number of carbonyl (C=O) groups is 1. The summed E-state index contributed by atoms with van der Waals surface area (Å²) in [7, 11) is 1.61. The van der Waals surface area contributed by atoms with Crippen LogP contribution in [0.15, 0.2) is 36.4 Å². The Hall–Kier alpha value is -2.63. The lowest BCUT2D eigenvalue weighted by molar-refractivity contribution is 0.0913. The molecule has 0 fully saturated rings. The van der Waals surface area contributed by atoms with Gasteiger partial charge in [0.05, 0.1) is 7.11 Å². The minimum absolute atomic E-state index is 0.243. The molecule has 6 nitrogen and oxygen atoms in total. The molecule has 0 bridgehead atoms. The first kappa shape index (κ1) is 15.8. The molecule has 2 rings (SSSR count). The number of nitrogens with one attached hydrogen (secondary N) is 2. The second-order valence-electron chi connectivity index (χ2n) is 5.86. The Balaban J connectivity index is 2.07. The van der Waals surface area contributed by atoms with Crippen LogP contribution in [0.2, 0.25) is 0 Å². The van der Waals surface area contributed by atoms with Gasteiger partial charge in [-0.2, -0.15) is 0 Å². The van der Waals surface area contributed by atoms with E-state index in [1.54, 1.807) is 19.2 Å². The maximum Gasteiger partial charge on any atom is 0.272 e. The minimum Gasteiger partial charge on any atom is -0.497 e. The molecule has 1 amide bonds. The Kier molecular flexibility index (Phi) is 4.60. The summed E-state index contributed by atoms with van der Waals surface area (Å²) in [6, 6.07) is 10.8. The van der Waals surface area contributed by atoms with Crippen LogP contribution in [0.5, 0.6) is 5.75 Å². The van der Waals surface area contributed by atoms with E-state index in [-0.39, 0.29) is 17.1 Å². The largest absolute Gasteiger partial charge is 0.497 e. The number of rotatable bonds is 4. The van der Waals surface area contributed by atoms with Crippen molar-refractivity contribution in [2.24, 2.45) is 0 Å². The fourth-order valence-electron chi connectivity index (χ4n) is 1.77. The van der Waals surface area contributed by atoms with Gasteiger partial charge < -0.3 is 15.4 Å². The molecule has 2 N–H and O–H groups in total. The zero-order valence-electron chi connectivity index (χ0n) is 13.2. The van der Waals surface area contributed by atoms with Gasteiger partial charge in [-0.05, 0) is 45.0 Å². The van der Waals surface area contributed by atoms with Crippen LogP contribution in [0.1, 0.15) is 31.3 Å². The summed E-state index contributed by atoms with van der Waals surface area (Å²) in [5, 5.41) is 13.9. The maximum absolute atomic E-state index is 12.0. The number of anilines is 2. The fourth-order valence-corrected chi connectivity index (χ4v) is 1.77. The predicted octanol–water partition coefficient (Wildman–Crippen LogP) is 2.76. The van der Waals surface area contributed by atoms with Gasteiger partial charge in [0.25, 0.3) is 5.91 Å². The van der Waals surface area contributed by atoms with Crippen molar-refractivity contribution in [2.45, 2.75) is 26.3 Å². The summed E-state index contributed by atoms with van der Waals surface area (Å²) < 4.78 is 5.16. The number of carbonyl (C=O) groups excluding carboxylic acids is 1. The van der Waals surface area contributed by atoms with Crippen LogP contribution >= 0.6 is 0 Å². The average Bonchev–Trinajstić information content (AvgIpc) is 2.46. The molecule has 0 aliphatic rings. The summed E-state index contributed by atoms with van der Waals surface area (Å²) in [6.07, 6.45) is 0. The van der Waals surface area contributed by atoms with Crippen LogP contribution < -0.4 is 15.4 Å². The molecular formula is C16H20N4O2. The third-order valence-electron chi connectivity index (χ3n) is 2.73. The molecule has 0 atom stereocenters. The van der Waals surface area contributed by atoms with E-state index in [0.717, 1.165) is 11.4 Å². The molecule has 22 heavy (non-hydrogen) atoms. The van der Waals surface area contributed by atoms with E-state index in [0.29, 0.717) is 5.82 Å². The van der Waals surface area contributed by atoms with E-state index in [2.05, 4.69) is 20.8 Å². The average molecular weight is 300 g/mol. The van der Waals surface area contributed by atoms with E-state index < -0.39 is 0 Å². The summed E-state index contributed by atoms with van der Waals surface area (Å²) in [4.78, 5) is 12.0. The Morgan fingerprint density at radius 3 is 2.50 bits per heavy atom. The number of amides is 1.